The van der Waals surface area contributed by atoms with Crippen molar-refractivity contribution < 1.29 is 9.72 Å². The highest BCUT2D eigenvalue weighted by molar-refractivity contribution is 9.10. The van der Waals surface area contributed by atoms with Crippen molar-refractivity contribution in [2.45, 2.75) is 17.9 Å². The van der Waals surface area contributed by atoms with Gasteiger partial charge in [0.25, 0.3) is 11.6 Å². The number of thioether (sulfide) groups is 1. The number of hydrogen-bond acceptors (Lipinski definition) is 4. The number of nitrogens with zero attached hydrogens (tertiary/aromatic N) is 1. The van der Waals surface area contributed by atoms with Crippen LogP contribution in [0.2, 0.25) is 0 Å². The van der Waals surface area contributed by atoms with E-state index in [2.05, 4.69) is 21.2 Å². The van der Waals surface area contributed by atoms with Gasteiger partial charge in [-0.1, -0.05) is 34.1 Å². The minimum absolute atomic E-state index is 0.0701. The zero-order valence-corrected chi connectivity index (χ0v) is 15.0. The number of carbonyl (C=O) groups excluding carboxylic acids is 1. The molecule has 0 unspecified atom stereocenters. The van der Waals surface area contributed by atoms with E-state index in [4.69, 9.17) is 0 Å². The van der Waals surface area contributed by atoms with Gasteiger partial charge in [0.15, 0.2) is 0 Å². The molecule has 7 heteroatoms. The fourth-order valence-corrected chi connectivity index (χ4v) is 3.23. The first kappa shape index (κ1) is 17.5. The fourth-order valence-electron chi connectivity index (χ4n) is 2.16. The number of amides is 1. The van der Waals surface area contributed by atoms with Crippen molar-refractivity contribution in [1.29, 1.82) is 0 Å². The van der Waals surface area contributed by atoms with Crippen LogP contribution < -0.4 is 5.32 Å². The average molecular weight is 395 g/mol. The van der Waals surface area contributed by atoms with Crippen molar-refractivity contribution in [1.82, 2.24) is 5.32 Å². The molecule has 2 aromatic carbocycles. The zero-order valence-electron chi connectivity index (χ0n) is 12.6. The average Bonchev–Trinajstić information content (AvgIpc) is 2.54. The van der Waals surface area contributed by atoms with Gasteiger partial charge in [-0.25, -0.2) is 0 Å². The van der Waals surface area contributed by atoms with Gasteiger partial charge in [-0.05, 0) is 36.9 Å². The zero-order chi connectivity index (χ0) is 17.0. The van der Waals surface area contributed by atoms with Crippen LogP contribution in [0.25, 0.3) is 0 Å². The highest BCUT2D eigenvalue weighted by Gasteiger charge is 2.22. The monoisotopic (exact) mass is 394 g/mol. The summed E-state index contributed by atoms with van der Waals surface area (Å²) in [4.78, 5) is 23.9. The van der Waals surface area contributed by atoms with Crippen molar-refractivity contribution in [2.24, 2.45) is 0 Å². The highest BCUT2D eigenvalue weighted by atomic mass is 79.9. The van der Waals surface area contributed by atoms with Crippen LogP contribution in [0.1, 0.15) is 28.9 Å². The Balaban J connectivity index is 2.30. The quantitative estimate of drug-likeness (QED) is 0.457. The summed E-state index contributed by atoms with van der Waals surface area (Å²) in [6, 6.07) is 11.8. The van der Waals surface area contributed by atoms with Crippen LogP contribution in [0, 0.1) is 10.1 Å². The van der Waals surface area contributed by atoms with Gasteiger partial charge >= 0.3 is 0 Å². The van der Waals surface area contributed by atoms with Gasteiger partial charge in [0, 0.05) is 15.4 Å². The van der Waals surface area contributed by atoms with E-state index in [9.17, 15) is 14.9 Å². The minimum Gasteiger partial charge on any atom is -0.345 e. The molecule has 0 aliphatic heterocycles. The van der Waals surface area contributed by atoms with Gasteiger partial charge in [-0.2, -0.15) is 0 Å². The number of halogens is 1. The van der Waals surface area contributed by atoms with Crippen LogP contribution in [0.4, 0.5) is 5.69 Å². The van der Waals surface area contributed by atoms with Gasteiger partial charge in [0.1, 0.15) is 5.56 Å². The molecule has 23 heavy (non-hydrogen) atoms. The van der Waals surface area contributed by atoms with Gasteiger partial charge in [0.05, 0.1) is 11.0 Å². The second-order valence-electron chi connectivity index (χ2n) is 4.86. The Morgan fingerprint density at radius 2 is 2.00 bits per heavy atom. The molecule has 0 saturated carbocycles. The van der Waals surface area contributed by atoms with E-state index >= 15 is 0 Å². The minimum atomic E-state index is -0.540. The maximum atomic E-state index is 12.5. The van der Waals surface area contributed by atoms with E-state index in [1.807, 2.05) is 37.4 Å². The number of carbonyl (C=O) groups is 1. The lowest BCUT2D eigenvalue weighted by molar-refractivity contribution is -0.385. The van der Waals surface area contributed by atoms with Crippen LogP contribution in [-0.2, 0) is 0 Å². The third kappa shape index (κ3) is 4.11. The number of nitrogens with one attached hydrogen (secondary N) is 1. The molecule has 1 N–H and O–H groups in total. The van der Waals surface area contributed by atoms with E-state index in [1.54, 1.807) is 12.1 Å². The Labute approximate surface area is 146 Å². The molecule has 5 nitrogen and oxygen atoms in total. The first-order chi connectivity index (χ1) is 10.9. The lowest BCUT2D eigenvalue weighted by Gasteiger charge is -2.16. The van der Waals surface area contributed by atoms with Crippen molar-refractivity contribution in [3.8, 4) is 0 Å². The Morgan fingerprint density at radius 1 is 1.30 bits per heavy atom. The molecule has 1 atom stereocenters. The number of benzene rings is 2. The Kier molecular flexibility index (Phi) is 5.79. The highest BCUT2D eigenvalue weighted by Crippen LogP contribution is 2.27. The number of hydrogen-bond donors (Lipinski definition) is 1. The van der Waals surface area contributed by atoms with Crippen LogP contribution in [0.15, 0.2) is 51.8 Å². The van der Waals surface area contributed by atoms with Crippen molar-refractivity contribution in [3.05, 3.63) is 68.2 Å². The summed E-state index contributed by atoms with van der Waals surface area (Å²) >= 11 is 4.87. The summed E-state index contributed by atoms with van der Waals surface area (Å²) in [5, 5.41) is 14.0. The molecule has 0 aliphatic rings. The van der Waals surface area contributed by atoms with Crippen molar-refractivity contribution >= 4 is 39.3 Å². The molecule has 0 heterocycles. The van der Waals surface area contributed by atoms with E-state index in [-0.39, 0.29) is 17.3 Å². The summed E-state index contributed by atoms with van der Waals surface area (Å²) in [5.41, 5.74) is 0.782. The molecule has 1 amide bonds. The smallest absolute Gasteiger partial charge is 0.282 e. The van der Waals surface area contributed by atoms with Crippen LogP contribution in [0.3, 0.4) is 0 Å². The molecule has 0 fully saturated rings. The molecule has 120 valence electrons. The molecule has 0 aliphatic carbocycles. The van der Waals surface area contributed by atoms with Gasteiger partial charge in [-0.15, -0.1) is 11.8 Å². The predicted octanol–water partition coefficient (Wildman–Crippen LogP) is 4.57. The molecule has 0 saturated heterocycles. The third-order valence-electron chi connectivity index (χ3n) is 3.36. The molecule has 0 bridgehead atoms. The third-order valence-corrected chi connectivity index (χ3v) is 4.81. The maximum Gasteiger partial charge on any atom is 0.282 e. The SMILES string of the molecule is CSc1ccc([N+](=O)[O-])c(C(=O)N[C@@H](C)c2ccccc2Br)c1. The summed E-state index contributed by atoms with van der Waals surface area (Å²) < 4.78 is 0.875. The predicted molar refractivity (Wildman–Crippen MR) is 94.9 cm³/mol. The number of nitro groups is 1. The first-order valence-corrected chi connectivity index (χ1v) is 8.83. The number of rotatable bonds is 5. The lowest BCUT2D eigenvalue weighted by atomic mass is 10.1. The summed E-state index contributed by atoms with van der Waals surface area (Å²) in [5.74, 6) is -0.462. The maximum absolute atomic E-state index is 12.5. The molecular weight excluding hydrogens is 380 g/mol. The second-order valence-corrected chi connectivity index (χ2v) is 6.59. The Hall–Kier alpha value is -1.86. The molecule has 2 rings (SSSR count). The Morgan fingerprint density at radius 3 is 2.61 bits per heavy atom. The lowest BCUT2D eigenvalue weighted by Crippen LogP contribution is -2.27. The van der Waals surface area contributed by atoms with Gasteiger partial charge < -0.3 is 5.32 Å². The summed E-state index contributed by atoms with van der Waals surface area (Å²) in [6.45, 7) is 1.84. The summed E-state index contributed by atoms with van der Waals surface area (Å²) in [7, 11) is 0. The van der Waals surface area contributed by atoms with Crippen LogP contribution in [0.5, 0.6) is 0 Å². The topological polar surface area (TPSA) is 72.2 Å². The standard InChI is InChI=1S/C16H15BrN2O3S/c1-10(12-5-3-4-6-14(12)17)18-16(20)13-9-11(23-2)7-8-15(13)19(21)22/h3-10H,1-2H3,(H,18,20)/t10-/m0/s1. The molecule has 0 radical (unpaired) electrons. The second kappa shape index (κ2) is 7.61. The van der Waals surface area contributed by atoms with Crippen LogP contribution in [-0.4, -0.2) is 17.1 Å². The van der Waals surface area contributed by atoms with E-state index in [1.165, 1.54) is 17.8 Å². The number of nitro benzene ring substituents is 1. The molecule has 0 aromatic heterocycles. The molecule has 0 spiro atoms. The van der Waals surface area contributed by atoms with Crippen molar-refractivity contribution in [3.63, 3.8) is 0 Å². The molecule has 2 aromatic rings. The Bertz CT molecular complexity index is 752. The van der Waals surface area contributed by atoms with Gasteiger partial charge in [-0.3, -0.25) is 14.9 Å². The van der Waals surface area contributed by atoms with E-state index in [0.717, 1.165) is 14.9 Å². The fraction of sp³-hybridized carbons (Fsp3) is 0.188. The van der Waals surface area contributed by atoms with Crippen LogP contribution >= 0.6 is 27.7 Å². The summed E-state index contributed by atoms with van der Waals surface area (Å²) in [6.07, 6.45) is 1.85. The molecular formula is C16H15BrN2O3S. The first-order valence-electron chi connectivity index (χ1n) is 6.81. The normalized spacial score (nSPS) is 11.8. The largest absolute Gasteiger partial charge is 0.345 e. The van der Waals surface area contributed by atoms with E-state index < -0.39 is 10.8 Å². The van der Waals surface area contributed by atoms with Gasteiger partial charge in [0.2, 0.25) is 0 Å². The van der Waals surface area contributed by atoms with E-state index in [0.29, 0.717) is 0 Å². The van der Waals surface area contributed by atoms with Crippen molar-refractivity contribution in [2.75, 3.05) is 6.26 Å².